The van der Waals surface area contributed by atoms with E-state index in [9.17, 15) is 0 Å². The highest BCUT2D eigenvalue weighted by Crippen LogP contribution is 2.30. The summed E-state index contributed by atoms with van der Waals surface area (Å²) in [6.07, 6.45) is 0.693. The van der Waals surface area contributed by atoms with Crippen LogP contribution in [0.15, 0.2) is 24.3 Å². The molecule has 5 nitrogen and oxygen atoms in total. The van der Waals surface area contributed by atoms with Crippen LogP contribution in [0.3, 0.4) is 0 Å². The molecule has 0 fully saturated rings. The molecule has 0 atom stereocenters. The van der Waals surface area contributed by atoms with E-state index in [1.807, 2.05) is 6.92 Å². The Morgan fingerprint density at radius 3 is 2.74 bits per heavy atom. The molecule has 0 aliphatic rings. The van der Waals surface area contributed by atoms with Gasteiger partial charge in [0.2, 0.25) is 0 Å². The van der Waals surface area contributed by atoms with E-state index in [0.29, 0.717) is 35.1 Å². The van der Waals surface area contributed by atoms with E-state index in [0.717, 1.165) is 5.56 Å². The Kier molecular flexibility index (Phi) is 3.62. The third kappa shape index (κ3) is 2.63. The van der Waals surface area contributed by atoms with Crippen LogP contribution in [0, 0.1) is 11.3 Å². The third-order valence-corrected chi connectivity index (χ3v) is 2.71. The number of nitrogen functional groups attached to an aromatic ring is 1. The molecule has 2 rings (SSSR count). The minimum absolute atomic E-state index is 0.409. The van der Waals surface area contributed by atoms with Crippen LogP contribution >= 0.6 is 0 Å². The quantitative estimate of drug-likeness (QED) is 0.907. The van der Waals surface area contributed by atoms with Crippen molar-refractivity contribution in [2.45, 2.75) is 13.3 Å². The molecule has 1 heterocycles. The second-order valence-corrected chi connectivity index (χ2v) is 3.97. The number of ether oxygens (including phenoxy) is 1. The Labute approximate surface area is 111 Å². The Hall–Kier alpha value is -2.61. The number of anilines is 1. The Balaban J connectivity index is 2.63. The average Bonchev–Trinajstić information content (AvgIpc) is 2.45. The fourth-order valence-corrected chi connectivity index (χ4v) is 1.79. The van der Waals surface area contributed by atoms with E-state index in [2.05, 4.69) is 16.0 Å². The van der Waals surface area contributed by atoms with Gasteiger partial charge in [0.25, 0.3) is 0 Å². The first-order valence-electron chi connectivity index (χ1n) is 5.90. The van der Waals surface area contributed by atoms with Gasteiger partial charge < -0.3 is 10.5 Å². The number of aryl methyl sites for hydroxylation is 1. The average molecular weight is 254 g/mol. The minimum atomic E-state index is 0.409. The van der Waals surface area contributed by atoms with Crippen molar-refractivity contribution in [2.75, 3.05) is 12.8 Å². The maximum atomic E-state index is 8.98. The SMILES string of the molecule is CCc1nc(N)cc(-c2cc(C#N)ccc2OC)n1. The maximum Gasteiger partial charge on any atom is 0.131 e. The van der Waals surface area contributed by atoms with Crippen molar-refractivity contribution >= 4 is 5.82 Å². The first-order chi connectivity index (χ1) is 9.17. The molecular weight excluding hydrogens is 240 g/mol. The van der Waals surface area contributed by atoms with Gasteiger partial charge >= 0.3 is 0 Å². The molecule has 96 valence electrons. The zero-order valence-corrected chi connectivity index (χ0v) is 10.8. The van der Waals surface area contributed by atoms with Gasteiger partial charge in [0.05, 0.1) is 24.4 Å². The lowest BCUT2D eigenvalue weighted by Gasteiger charge is -2.09. The van der Waals surface area contributed by atoms with Crippen molar-refractivity contribution in [1.29, 1.82) is 5.26 Å². The topological polar surface area (TPSA) is 84.8 Å². The minimum Gasteiger partial charge on any atom is -0.496 e. The van der Waals surface area contributed by atoms with Gasteiger partial charge in [-0.05, 0) is 18.2 Å². The monoisotopic (exact) mass is 254 g/mol. The highest BCUT2D eigenvalue weighted by Gasteiger charge is 2.10. The molecule has 0 saturated carbocycles. The van der Waals surface area contributed by atoms with E-state index in [4.69, 9.17) is 15.7 Å². The van der Waals surface area contributed by atoms with E-state index < -0.39 is 0 Å². The van der Waals surface area contributed by atoms with Gasteiger partial charge in [-0.2, -0.15) is 5.26 Å². The molecule has 5 heteroatoms. The predicted molar refractivity (Wildman–Crippen MR) is 72.5 cm³/mol. The van der Waals surface area contributed by atoms with Crippen molar-refractivity contribution in [3.63, 3.8) is 0 Å². The number of nitrogens with zero attached hydrogens (tertiary/aromatic N) is 3. The summed E-state index contributed by atoms with van der Waals surface area (Å²) in [7, 11) is 1.58. The number of nitriles is 1. The normalized spacial score (nSPS) is 9.95. The molecule has 0 spiro atoms. The van der Waals surface area contributed by atoms with Gasteiger partial charge in [0.15, 0.2) is 0 Å². The van der Waals surface area contributed by atoms with E-state index in [-0.39, 0.29) is 0 Å². The van der Waals surface area contributed by atoms with Crippen LogP contribution in [0.1, 0.15) is 18.3 Å². The van der Waals surface area contributed by atoms with Crippen molar-refractivity contribution < 1.29 is 4.74 Å². The molecular formula is C14H14N4O. The van der Waals surface area contributed by atoms with Gasteiger partial charge in [-0.3, -0.25) is 0 Å². The Morgan fingerprint density at radius 2 is 2.11 bits per heavy atom. The fraction of sp³-hybridized carbons (Fsp3) is 0.214. The van der Waals surface area contributed by atoms with Crippen molar-refractivity contribution in [1.82, 2.24) is 9.97 Å². The number of benzene rings is 1. The molecule has 1 aromatic heterocycles. The van der Waals surface area contributed by atoms with Crippen molar-refractivity contribution in [2.24, 2.45) is 0 Å². The first-order valence-corrected chi connectivity index (χ1v) is 5.90. The van der Waals surface area contributed by atoms with Gasteiger partial charge in [0.1, 0.15) is 17.4 Å². The summed E-state index contributed by atoms with van der Waals surface area (Å²) in [4.78, 5) is 8.56. The summed E-state index contributed by atoms with van der Waals surface area (Å²) in [6, 6.07) is 8.97. The molecule has 0 radical (unpaired) electrons. The largest absolute Gasteiger partial charge is 0.496 e. The molecule has 0 amide bonds. The van der Waals surface area contributed by atoms with Crippen LogP contribution in [0.25, 0.3) is 11.3 Å². The molecule has 0 aliphatic heterocycles. The molecule has 1 aromatic carbocycles. The van der Waals surface area contributed by atoms with Crippen LogP contribution < -0.4 is 10.5 Å². The van der Waals surface area contributed by atoms with E-state index in [1.165, 1.54) is 0 Å². The Morgan fingerprint density at radius 1 is 1.32 bits per heavy atom. The van der Waals surface area contributed by atoms with Crippen LogP contribution in [0.2, 0.25) is 0 Å². The summed E-state index contributed by atoms with van der Waals surface area (Å²) in [5, 5.41) is 8.98. The predicted octanol–water partition coefficient (Wildman–Crippen LogP) is 2.17. The molecule has 0 unspecified atom stereocenters. The molecule has 0 bridgehead atoms. The number of rotatable bonds is 3. The Bertz CT molecular complexity index is 646. The standard InChI is InChI=1S/C14H14N4O/c1-3-14-17-11(7-13(16)18-14)10-6-9(8-15)4-5-12(10)19-2/h4-7H,3H2,1-2H3,(H2,16,17,18). The smallest absolute Gasteiger partial charge is 0.131 e. The molecule has 19 heavy (non-hydrogen) atoms. The number of hydrogen-bond donors (Lipinski definition) is 1. The summed E-state index contributed by atoms with van der Waals surface area (Å²) >= 11 is 0. The number of methoxy groups -OCH3 is 1. The van der Waals surface area contributed by atoms with E-state index >= 15 is 0 Å². The summed E-state index contributed by atoms with van der Waals surface area (Å²) in [6.45, 7) is 1.96. The number of hydrogen-bond acceptors (Lipinski definition) is 5. The molecule has 2 aromatic rings. The number of aromatic nitrogens is 2. The lowest BCUT2D eigenvalue weighted by Crippen LogP contribution is -2.01. The van der Waals surface area contributed by atoms with Crippen LogP contribution in [-0.2, 0) is 6.42 Å². The van der Waals surface area contributed by atoms with Crippen molar-refractivity contribution in [3.05, 3.63) is 35.7 Å². The van der Waals surface area contributed by atoms with E-state index in [1.54, 1.807) is 31.4 Å². The highest BCUT2D eigenvalue weighted by molar-refractivity contribution is 5.70. The second-order valence-electron chi connectivity index (χ2n) is 3.97. The van der Waals surface area contributed by atoms with Gasteiger partial charge in [-0.1, -0.05) is 6.92 Å². The highest BCUT2D eigenvalue weighted by atomic mass is 16.5. The maximum absolute atomic E-state index is 8.98. The fourth-order valence-electron chi connectivity index (χ4n) is 1.79. The first kappa shape index (κ1) is 12.8. The zero-order chi connectivity index (χ0) is 13.8. The second kappa shape index (κ2) is 5.36. The summed E-state index contributed by atoms with van der Waals surface area (Å²) in [5.74, 6) is 1.73. The van der Waals surface area contributed by atoms with Gasteiger partial charge in [0, 0.05) is 18.1 Å². The lowest BCUT2D eigenvalue weighted by molar-refractivity contribution is 0.416. The van der Waals surface area contributed by atoms with Crippen molar-refractivity contribution in [3.8, 4) is 23.1 Å². The van der Waals surface area contributed by atoms with Gasteiger partial charge in [-0.25, -0.2) is 9.97 Å². The molecule has 2 N–H and O–H groups in total. The molecule has 0 aliphatic carbocycles. The molecule has 0 saturated heterocycles. The summed E-state index contributed by atoms with van der Waals surface area (Å²) < 4.78 is 5.30. The summed E-state index contributed by atoms with van der Waals surface area (Å²) in [5.41, 5.74) is 7.73. The van der Waals surface area contributed by atoms with Crippen LogP contribution in [-0.4, -0.2) is 17.1 Å². The van der Waals surface area contributed by atoms with Crippen LogP contribution in [0.4, 0.5) is 5.82 Å². The van der Waals surface area contributed by atoms with Crippen LogP contribution in [0.5, 0.6) is 5.75 Å². The zero-order valence-electron chi connectivity index (χ0n) is 10.8. The third-order valence-electron chi connectivity index (χ3n) is 2.71. The number of nitrogens with two attached hydrogens (primary N) is 1. The van der Waals surface area contributed by atoms with Gasteiger partial charge in [-0.15, -0.1) is 0 Å². The lowest BCUT2D eigenvalue weighted by atomic mass is 10.1.